The van der Waals surface area contributed by atoms with Crippen LogP contribution in [-0.4, -0.2) is 47.7 Å². The fraction of sp³-hybridized carbons (Fsp3) is 0.316. The molecule has 0 spiro atoms. The molecule has 0 fully saturated rings. The molecule has 2 heterocycles. The molecule has 0 radical (unpaired) electrons. The first-order valence-corrected chi connectivity index (χ1v) is 12.8. The number of benzene rings is 1. The van der Waals surface area contributed by atoms with E-state index in [1.54, 1.807) is 23.7 Å². The molecule has 13 heteroatoms. The predicted molar refractivity (Wildman–Crippen MR) is 126 cm³/mol. The van der Waals surface area contributed by atoms with Gasteiger partial charge in [-0.2, -0.15) is 8.42 Å². The van der Waals surface area contributed by atoms with Gasteiger partial charge in [-0.25, -0.2) is 4.98 Å². The third-order valence-electron chi connectivity index (χ3n) is 4.53. The Balaban J connectivity index is 1.94. The van der Waals surface area contributed by atoms with E-state index in [-0.39, 0.29) is 22.0 Å². The zero-order valence-corrected chi connectivity index (χ0v) is 20.1. The molecule has 0 N–H and O–H groups in total. The second-order valence-corrected chi connectivity index (χ2v) is 9.99. The summed E-state index contributed by atoms with van der Waals surface area (Å²) >= 11 is 12.5. The molecule has 0 aliphatic heterocycles. The molecule has 0 bridgehead atoms. The van der Waals surface area contributed by atoms with Gasteiger partial charge < -0.3 is 13.7 Å². The molecule has 1 atom stereocenters. The summed E-state index contributed by atoms with van der Waals surface area (Å²) < 4.78 is 33.5. The van der Waals surface area contributed by atoms with Gasteiger partial charge in [-0.1, -0.05) is 11.3 Å². The number of nitro groups is 1. The third-order valence-corrected chi connectivity index (χ3v) is 7.24. The zero-order chi connectivity index (χ0) is 23.3. The van der Waals surface area contributed by atoms with Gasteiger partial charge in [-0.3, -0.25) is 10.1 Å². The van der Waals surface area contributed by atoms with Crippen molar-refractivity contribution >= 4 is 55.3 Å². The van der Waals surface area contributed by atoms with Gasteiger partial charge in [0.05, 0.1) is 22.5 Å². The predicted octanol–water partition coefficient (Wildman–Crippen LogP) is 4.17. The topological polar surface area (TPSA) is 108 Å². The lowest BCUT2D eigenvalue weighted by molar-refractivity contribution is -0.380. The van der Waals surface area contributed by atoms with Crippen molar-refractivity contribution in [2.45, 2.75) is 5.25 Å². The highest BCUT2D eigenvalue weighted by Gasteiger charge is 2.38. The minimum Gasteiger partial charge on any atom is -0.382 e. The van der Waals surface area contributed by atoms with Crippen molar-refractivity contribution in [2.75, 3.05) is 29.7 Å². The quantitative estimate of drug-likeness (QED) is 0.162. The van der Waals surface area contributed by atoms with E-state index in [2.05, 4.69) is 4.98 Å². The minimum atomic E-state index is -4.38. The van der Waals surface area contributed by atoms with Crippen molar-refractivity contribution < 1.29 is 17.5 Å². The SMILES string of the molecule is Cn1cnc(C(c2ccsc2[N+](=O)[O-])S(=O)(=O)Oc2ccc(N(CCCl)CCCl)cc2)c1. The molecule has 0 aliphatic carbocycles. The zero-order valence-electron chi connectivity index (χ0n) is 16.9. The van der Waals surface area contributed by atoms with Crippen LogP contribution in [0, 0.1) is 10.1 Å². The molecule has 0 amide bonds. The number of rotatable bonds is 11. The largest absolute Gasteiger partial charge is 0.382 e. The fourth-order valence-corrected chi connectivity index (χ4v) is 5.79. The summed E-state index contributed by atoms with van der Waals surface area (Å²) in [6.07, 6.45) is 2.92. The maximum atomic E-state index is 13.3. The number of aryl methyl sites for hydroxylation is 1. The van der Waals surface area contributed by atoms with Gasteiger partial charge in [-0.15, -0.1) is 23.2 Å². The van der Waals surface area contributed by atoms with E-state index in [4.69, 9.17) is 27.4 Å². The van der Waals surface area contributed by atoms with Crippen LogP contribution in [0.5, 0.6) is 5.75 Å². The van der Waals surface area contributed by atoms with E-state index in [1.165, 1.54) is 36.1 Å². The van der Waals surface area contributed by atoms with Crippen LogP contribution in [0.1, 0.15) is 16.5 Å². The maximum Gasteiger partial charge on any atom is 0.329 e. The first-order chi connectivity index (χ1) is 15.3. The van der Waals surface area contributed by atoms with Gasteiger partial charge in [0, 0.05) is 43.8 Å². The van der Waals surface area contributed by atoms with Crippen molar-refractivity contribution in [3.63, 3.8) is 0 Å². The summed E-state index contributed by atoms with van der Waals surface area (Å²) in [5, 5.41) is 11.2. The Hall–Kier alpha value is -2.34. The number of halogens is 2. The molecule has 0 saturated carbocycles. The van der Waals surface area contributed by atoms with Crippen LogP contribution in [0.4, 0.5) is 10.7 Å². The Labute approximate surface area is 199 Å². The number of thiophene rings is 1. The monoisotopic (exact) mass is 518 g/mol. The van der Waals surface area contributed by atoms with Crippen LogP contribution in [0.15, 0.2) is 48.2 Å². The first kappa shape index (κ1) is 24.3. The number of hydrogen-bond acceptors (Lipinski definition) is 8. The van der Waals surface area contributed by atoms with E-state index < -0.39 is 20.3 Å². The van der Waals surface area contributed by atoms with Crippen molar-refractivity contribution in [1.82, 2.24) is 9.55 Å². The van der Waals surface area contributed by atoms with Gasteiger partial charge in [0.15, 0.2) is 5.25 Å². The fourth-order valence-electron chi connectivity index (χ4n) is 3.16. The normalized spacial score (nSPS) is 12.5. The number of anilines is 1. The summed E-state index contributed by atoms with van der Waals surface area (Å²) in [6, 6.07) is 7.83. The molecule has 32 heavy (non-hydrogen) atoms. The van der Waals surface area contributed by atoms with E-state index >= 15 is 0 Å². The van der Waals surface area contributed by atoms with Crippen LogP contribution < -0.4 is 9.08 Å². The van der Waals surface area contributed by atoms with Gasteiger partial charge in [0.25, 0.3) is 0 Å². The van der Waals surface area contributed by atoms with Crippen LogP contribution in [0.3, 0.4) is 0 Å². The average Bonchev–Trinajstić information content (AvgIpc) is 3.38. The van der Waals surface area contributed by atoms with Crippen LogP contribution in [0.2, 0.25) is 0 Å². The van der Waals surface area contributed by atoms with E-state index in [0.717, 1.165) is 17.0 Å². The number of imidazole rings is 1. The Bertz CT molecular complexity index is 1160. The lowest BCUT2D eigenvalue weighted by atomic mass is 10.2. The van der Waals surface area contributed by atoms with Crippen molar-refractivity contribution in [3.8, 4) is 5.75 Å². The molecule has 1 aromatic carbocycles. The third kappa shape index (κ3) is 5.52. The molecular formula is C19H20Cl2N4O5S2. The van der Waals surface area contributed by atoms with E-state index in [9.17, 15) is 18.5 Å². The highest BCUT2D eigenvalue weighted by atomic mass is 35.5. The second-order valence-electron chi connectivity index (χ2n) is 6.72. The molecular weight excluding hydrogens is 499 g/mol. The van der Waals surface area contributed by atoms with Crippen molar-refractivity contribution in [1.29, 1.82) is 0 Å². The molecule has 3 rings (SSSR count). The second kappa shape index (κ2) is 10.5. The van der Waals surface area contributed by atoms with Gasteiger partial charge in [0.1, 0.15) is 5.75 Å². The number of aromatic nitrogens is 2. The average molecular weight is 519 g/mol. The molecule has 0 saturated heterocycles. The molecule has 0 aliphatic rings. The smallest absolute Gasteiger partial charge is 0.329 e. The summed E-state index contributed by atoms with van der Waals surface area (Å²) in [7, 11) is -2.70. The molecule has 3 aromatic rings. The van der Waals surface area contributed by atoms with Gasteiger partial charge >= 0.3 is 15.1 Å². The Morgan fingerprint density at radius 2 is 1.88 bits per heavy atom. The highest BCUT2D eigenvalue weighted by Crippen LogP contribution is 2.39. The van der Waals surface area contributed by atoms with E-state index in [1.807, 2.05) is 4.90 Å². The molecule has 2 aromatic heterocycles. The lowest BCUT2D eigenvalue weighted by Gasteiger charge is -2.23. The van der Waals surface area contributed by atoms with Crippen LogP contribution in [-0.2, 0) is 17.2 Å². The van der Waals surface area contributed by atoms with Crippen molar-refractivity contribution in [3.05, 3.63) is 69.6 Å². The molecule has 172 valence electrons. The summed E-state index contributed by atoms with van der Waals surface area (Å²) in [5.74, 6) is 0.896. The number of alkyl halides is 2. The molecule has 9 nitrogen and oxygen atoms in total. The Morgan fingerprint density at radius 3 is 2.41 bits per heavy atom. The van der Waals surface area contributed by atoms with E-state index in [0.29, 0.717) is 24.8 Å². The van der Waals surface area contributed by atoms with Crippen LogP contribution >= 0.6 is 34.5 Å². The Kier molecular flexibility index (Phi) is 7.99. The number of hydrogen-bond donors (Lipinski definition) is 0. The summed E-state index contributed by atoms with van der Waals surface area (Å²) in [5.41, 5.74) is 0.942. The van der Waals surface area contributed by atoms with Crippen LogP contribution in [0.25, 0.3) is 0 Å². The van der Waals surface area contributed by atoms with Gasteiger partial charge in [-0.05, 0) is 35.7 Å². The lowest BCUT2D eigenvalue weighted by Crippen LogP contribution is -2.27. The Morgan fingerprint density at radius 1 is 1.22 bits per heavy atom. The summed E-state index contributed by atoms with van der Waals surface area (Å²) in [6.45, 7) is 1.16. The maximum absolute atomic E-state index is 13.3. The minimum absolute atomic E-state index is 0.00530. The van der Waals surface area contributed by atoms with Gasteiger partial charge in [0.2, 0.25) is 0 Å². The standard InChI is InChI=1S/C19H20Cl2N4O5S2/c1-23-12-17(22-13-23)18(16-6-11-31-19(16)25(26)27)32(28,29)30-15-4-2-14(3-5-15)24(9-7-20)10-8-21/h2-6,11-13,18H,7-10H2,1H3. The number of nitrogens with zero attached hydrogens (tertiary/aromatic N) is 4. The first-order valence-electron chi connectivity index (χ1n) is 9.36. The van der Waals surface area contributed by atoms with Crippen molar-refractivity contribution in [2.24, 2.45) is 7.05 Å². The highest BCUT2D eigenvalue weighted by molar-refractivity contribution is 7.87. The molecule has 1 unspecified atom stereocenters. The summed E-state index contributed by atoms with van der Waals surface area (Å²) in [4.78, 5) is 16.9.